The molecule has 2 aromatic carbocycles. The first kappa shape index (κ1) is 29.3. The molecule has 2 heteroatoms. The second kappa shape index (κ2) is 14.0. The van der Waals surface area contributed by atoms with Crippen LogP contribution in [0.2, 0.25) is 0 Å². The highest BCUT2D eigenvalue weighted by Crippen LogP contribution is 2.44. The predicted molar refractivity (Wildman–Crippen MR) is 152 cm³/mol. The lowest BCUT2D eigenvalue weighted by Crippen LogP contribution is -2.18. The molecule has 0 radical (unpaired) electrons. The van der Waals surface area contributed by atoms with E-state index in [9.17, 15) is 10.2 Å². The standard InChI is InChI=1S/C33H52O2/c1-8-10-12-13-14-15-16-17-18-26-23-28(30(34)22-25(26)4)27(19-11-9-2)29-20-24(3)21-31(35)32(29)33(5,6)7/h20-23,27,34-35H,8-19H2,1-7H3. The summed E-state index contributed by atoms with van der Waals surface area (Å²) in [6, 6.07) is 8.36. The molecule has 0 saturated heterocycles. The third-order valence-corrected chi connectivity index (χ3v) is 7.42. The third kappa shape index (κ3) is 8.58. The molecule has 0 amide bonds. The van der Waals surface area contributed by atoms with Crippen molar-refractivity contribution in [3.63, 3.8) is 0 Å². The summed E-state index contributed by atoms with van der Waals surface area (Å²) in [4.78, 5) is 0. The quantitative estimate of drug-likeness (QED) is 0.264. The fraction of sp³-hybridized carbons (Fsp3) is 0.636. The molecule has 0 saturated carbocycles. The zero-order valence-corrected chi connectivity index (χ0v) is 23.8. The van der Waals surface area contributed by atoms with E-state index in [-0.39, 0.29) is 11.3 Å². The van der Waals surface area contributed by atoms with E-state index in [0.717, 1.165) is 42.4 Å². The van der Waals surface area contributed by atoms with Crippen LogP contribution < -0.4 is 0 Å². The number of phenols is 2. The summed E-state index contributed by atoms with van der Waals surface area (Å²) < 4.78 is 0. The minimum atomic E-state index is -0.183. The van der Waals surface area contributed by atoms with Gasteiger partial charge in [0, 0.05) is 17.0 Å². The van der Waals surface area contributed by atoms with Gasteiger partial charge < -0.3 is 10.2 Å². The minimum absolute atomic E-state index is 0.0768. The largest absolute Gasteiger partial charge is 0.508 e. The maximum atomic E-state index is 11.1. The maximum absolute atomic E-state index is 11.1. The van der Waals surface area contributed by atoms with E-state index >= 15 is 0 Å². The van der Waals surface area contributed by atoms with Crippen LogP contribution in [0.3, 0.4) is 0 Å². The summed E-state index contributed by atoms with van der Waals surface area (Å²) in [5, 5.41) is 22.1. The smallest absolute Gasteiger partial charge is 0.119 e. The van der Waals surface area contributed by atoms with Crippen LogP contribution in [0.15, 0.2) is 24.3 Å². The highest BCUT2D eigenvalue weighted by atomic mass is 16.3. The van der Waals surface area contributed by atoms with Crippen molar-refractivity contribution >= 4 is 0 Å². The Morgan fingerprint density at radius 3 is 1.89 bits per heavy atom. The molecule has 1 unspecified atom stereocenters. The van der Waals surface area contributed by atoms with Gasteiger partial charge in [0.15, 0.2) is 0 Å². The summed E-state index contributed by atoms with van der Waals surface area (Å²) in [6.45, 7) is 15.2. The summed E-state index contributed by atoms with van der Waals surface area (Å²) in [5.74, 6) is 0.844. The van der Waals surface area contributed by atoms with Crippen LogP contribution in [-0.2, 0) is 11.8 Å². The highest BCUT2D eigenvalue weighted by molar-refractivity contribution is 5.54. The van der Waals surface area contributed by atoms with Crippen LogP contribution in [0.5, 0.6) is 11.5 Å². The van der Waals surface area contributed by atoms with Crippen molar-refractivity contribution in [1.82, 2.24) is 0 Å². The van der Waals surface area contributed by atoms with Gasteiger partial charge in [-0.2, -0.15) is 0 Å². The molecule has 35 heavy (non-hydrogen) atoms. The Balaban J connectivity index is 2.33. The Kier molecular flexibility index (Phi) is 11.7. The maximum Gasteiger partial charge on any atom is 0.119 e. The van der Waals surface area contributed by atoms with Gasteiger partial charge in [0.2, 0.25) is 0 Å². The van der Waals surface area contributed by atoms with Crippen molar-refractivity contribution in [2.75, 3.05) is 0 Å². The summed E-state index contributed by atoms with van der Waals surface area (Å²) >= 11 is 0. The van der Waals surface area contributed by atoms with E-state index in [4.69, 9.17) is 0 Å². The topological polar surface area (TPSA) is 40.5 Å². The first-order valence-corrected chi connectivity index (χ1v) is 14.3. The van der Waals surface area contributed by atoms with Crippen LogP contribution in [0.1, 0.15) is 145 Å². The van der Waals surface area contributed by atoms with Crippen molar-refractivity contribution in [3.05, 3.63) is 57.6 Å². The van der Waals surface area contributed by atoms with E-state index in [1.165, 1.54) is 68.1 Å². The van der Waals surface area contributed by atoms with Gasteiger partial charge in [-0.1, -0.05) is 105 Å². The molecule has 1 atom stereocenters. The molecule has 0 aliphatic rings. The first-order valence-electron chi connectivity index (χ1n) is 14.3. The second-order valence-electron chi connectivity index (χ2n) is 11.8. The molecular formula is C33H52O2. The van der Waals surface area contributed by atoms with E-state index in [2.05, 4.69) is 60.6 Å². The first-order chi connectivity index (χ1) is 16.6. The molecule has 0 fully saturated rings. The number of rotatable bonds is 14. The minimum Gasteiger partial charge on any atom is -0.508 e. The van der Waals surface area contributed by atoms with Gasteiger partial charge in [-0.3, -0.25) is 0 Å². The normalized spacial score (nSPS) is 12.8. The fourth-order valence-corrected chi connectivity index (χ4v) is 5.53. The molecule has 0 bridgehead atoms. The van der Waals surface area contributed by atoms with Gasteiger partial charge in [-0.05, 0) is 72.9 Å². The lowest BCUT2D eigenvalue weighted by atomic mass is 9.75. The van der Waals surface area contributed by atoms with Crippen LogP contribution in [0, 0.1) is 13.8 Å². The average molecular weight is 481 g/mol. The summed E-state index contributed by atoms with van der Waals surface area (Å²) in [6.07, 6.45) is 14.8. The lowest BCUT2D eigenvalue weighted by molar-refractivity contribution is 0.438. The number of unbranched alkanes of at least 4 members (excludes halogenated alkanes) is 8. The van der Waals surface area contributed by atoms with E-state index in [1.54, 1.807) is 0 Å². The Morgan fingerprint density at radius 1 is 0.686 bits per heavy atom. The molecule has 0 aromatic heterocycles. The molecule has 2 aromatic rings. The Bertz CT molecular complexity index is 920. The number of phenolic OH excluding ortho intramolecular Hbond substituents is 2. The van der Waals surface area contributed by atoms with Crippen LogP contribution >= 0.6 is 0 Å². The third-order valence-electron chi connectivity index (χ3n) is 7.42. The molecule has 0 aliphatic heterocycles. The number of benzene rings is 2. The molecule has 0 spiro atoms. The zero-order valence-electron chi connectivity index (χ0n) is 23.8. The van der Waals surface area contributed by atoms with Gasteiger partial charge in [0.25, 0.3) is 0 Å². The number of hydrogen-bond acceptors (Lipinski definition) is 2. The van der Waals surface area contributed by atoms with Crippen LogP contribution in [-0.4, -0.2) is 10.2 Å². The molecular weight excluding hydrogens is 428 g/mol. The molecule has 0 aliphatic carbocycles. The molecule has 2 nitrogen and oxygen atoms in total. The van der Waals surface area contributed by atoms with Gasteiger partial charge in [0.1, 0.15) is 11.5 Å². The number of hydrogen-bond donors (Lipinski definition) is 2. The van der Waals surface area contributed by atoms with E-state index in [0.29, 0.717) is 11.5 Å². The average Bonchev–Trinajstić information content (AvgIpc) is 2.76. The molecule has 196 valence electrons. The Hall–Kier alpha value is -1.96. The van der Waals surface area contributed by atoms with E-state index in [1.807, 2.05) is 12.1 Å². The fourth-order valence-electron chi connectivity index (χ4n) is 5.53. The second-order valence-corrected chi connectivity index (χ2v) is 11.8. The Morgan fingerprint density at radius 2 is 1.29 bits per heavy atom. The van der Waals surface area contributed by atoms with Gasteiger partial charge in [-0.15, -0.1) is 0 Å². The molecule has 0 heterocycles. The van der Waals surface area contributed by atoms with Crippen LogP contribution in [0.25, 0.3) is 0 Å². The van der Waals surface area contributed by atoms with Gasteiger partial charge in [0.05, 0.1) is 0 Å². The molecule has 2 N–H and O–H groups in total. The lowest BCUT2D eigenvalue weighted by Gasteiger charge is -2.30. The van der Waals surface area contributed by atoms with Crippen molar-refractivity contribution in [3.8, 4) is 11.5 Å². The van der Waals surface area contributed by atoms with Crippen molar-refractivity contribution < 1.29 is 10.2 Å². The SMILES string of the molecule is CCCCCCCCCCc1cc(C(CCCC)c2cc(C)cc(O)c2C(C)(C)C)c(O)cc1C. The summed E-state index contributed by atoms with van der Waals surface area (Å²) in [7, 11) is 0. The Labute approximate surface area is 216 Å². The molecule has 2 rings (SSSR count). The highest BCUT2D eigenvalue weighted by Gasteiger charge is 2.29. The summed E-state index contributed by atoms with van der Waals surface area (Å²) in [5.41, 5.74) is 6.63. The van der Waals surface area contributed by atoms with Crippen molar-refractivity contribution in [1.29, 1.82) is 0 Å². The number of aryl methyl sites for hydroxylation is 3. The monoisotopic (exact) mass is 480 g/mol. The zero-order chi connectivity index (χ0) is 26.0. The van der Waals surface area contributed by atoms with Gasteiger partial charge >= 0.3 is 0 Å². The van der Waals surface area contributed by atoms with Gasteiger partial charge in [-0.25, -0.2) is 0 Å². The van der Waals surface area contributed by atoms with Crippen LogP contribution in [0.4, 0.5) is 0 Å². The van der Waals surface area contributed by atoms with Crippen molar-refractivity contribution in [2.45, 2.75) is 137 Å². The number of aromatic hydroxyl groups is 2. The predicted octanol–water partition coefficient (Wildman–Crippen LogP) is 10.0. The van der Waals surface area contributed by atoms with E-state index < -0.39 is 0 Å². The van der Waals surface area contributed by atoms with Crippen molar-refractivity contribution in [2.24, 2.45) is 0 Å².